The van der Waals surface area contributed by atoms with E-state index in [1.165, 1.54) is 0 Å². The first kappa shape index (κ1) is 15.0. The van der Waals surface area contributed by atoms with Crippen LogP contribution in [0.1, 0.15) is 13.8 Å². The lowest BCUT2D eigenvalue weighted by molar-refractivity contribution is -0.128. The molecule has 5 heteroatoms. The van der Waals surface area contributed by atoms with Crippen molar-refractivity contribution >= 4 is 21.8 Å². The van der Waals surface area contributed by atoms with Crippen molar-refractivity contribution < 1.29 is 14.3 Å². The topological polar surface area (TPSA) is 47.6 Å². The van der Waals surface area contributed by atoms with Gasteiger partial charge in [0, 0.05) is 17.6 Å². The van der Waals surface area contributed by atoms with Gasteiger partial charge in [-0.3, -0.25) is 4.79 Å². The summed E-state index contributed by atoms with van der Waals surface area (Å²) < 4.78 is 11.5. The molecule has 0 aliphatic heterocycles. The van der Waals surface area contributed by atoms with Gasteiger partial charge in [0.15, 0.2) is 6.10 Å². The zero-order chi connectivity index (χ0) is 13.5. The molecule has 0 bridgehead atoms. The molecular weight excluding hydrogens is 298 g/mol. The fourth-order valence-electron chi connectivity index (χ4n) is 1.42. The summed E-state index contributed by atoms with van der Waals surface area (Å²) in [4.78, 5) is 11.8. The maximum Gasteiger partial charge on any atom is 0.261 e. The number of benzene rings is 1. The van der Waals surface area contributed by atoms with Crippen LogP contribution in [-0.2, 0) is 9.53 Å². The van der Waals surface area contributed by atoms with Crippen LogP contribution in [0, 0.1) is 0 Å². The van der Waals surface area contributed by atoms with Crippen LogP contribution in [0.4, 0.5) is 0 Å². The minimum absolute atomic E-state index is 0.0292. The van der Waals surface area contributed by atoms with Gasteiger partial charge >= 0.3 is 0 Å². The zero-order valence-electron chi connectivity index (χ0n) is 10.8. The van der Waals surface area contributed by atoms with Gasteiger partial charge in [0.25, 0.3) is 5.91 Å². The van der Waals surface area contributed by atoms with Gasteiger partial charge in [0.1, 0.15) is 5.75 Å². The molecule has 2 unspecified atom stereocenters. The summed E-state index contributed by atoms with van der Waals surface area (Å²) >= 11 is 3.34. The van der Waals surface area contributed by atoms with Gasteiger partial charge in [-0.2, -0.15) is 0 Å². The molecule has 1 aromatic carbocycles. The summed E-state index contributed by atoms with van der Waals surface area (Å²) in [6, 6.07) is 7.33. The van der Waals surface area contributed by atoms with E-state index in [4.69, 9.17) is 9.47 Å². The van der Waals surface area contributed by atoms with Crippen molar-refractivity contribution in [2.75, 3.05) is 13.7 Å². The zero-order valence-corrected chi connectivity index (χ0v) is 12.4. The van der Waals surface area contributed by atoms with E-state index < -0.39 is 6.10 Å². The van der Waals surface area contributed by atoms with E-state index >= 15 is 0 Å². The van der Waals surface area contributed by atoms with Gasteiger partial charge < -0.3 is 14.8 Å². The van der Waals surface area contributed by atoms with Crippen molar-refractivity contribution in [3.05, 3.63) is 28.7 Å². The van der Waals surface area contributed by atoms with Crippen molar-refractivity contribution in [1.82, 2.24) is 5.32 Å². The molecule has 0 saturated heterocycles. The van der Waals surface area contributed by atoms with E-state index in [9.17, 15) is 4.79 Å². The first-order valence-electron chi connectivity index (χ1n) is 5.74. The molecule has 1 amide bonds. The molecule has 0 aromatic heterocycles. The summed E-state index contributed by atoms with van der Waals surface area (Å²) in [5, 5.41) is 2.81. The van der Waals surface area contributed by atoms with Gasteiger partial charge in [0.05, 0.1) is 6.61 Å². The highest BCUT2D eigenvalue weighted by Gasteiger charge is 2.16. The fraction of sp³-hybridized carbons (Fsp3) is 0.462. The Balaban J connectivity index is 2.46. The molecule has 1 aromatic rings. The molecule has 1 rings (SSSR count). The monoisotopic (exact) mass is 315 g/mol. The normalized spacial score (nSPS) is 13.8. The second-order valence-corrected chi connectivity index (χ2v) is 4.99. The fourth-order valence-corrected chi connectivity index (χ4v) is 1.69. The van der Waals surface area contributed by atoms with Crippen LogP contribution < -0.4 is 10.1 Å². The SMILES string of the molecule is COCC(C)NC(=O)C(C)Oc1ccc(Br)cc1. The molecule has 0 aliphatic carbocycles. The minimum atomic E-state index is -0.537. The summed E-state index contributed by atoms with van der Waals surface area (Å²) in [6.45, 7) is 4.08. The molecule has 0 spiro atoms. The summed E-state index contributed by atoms with van der Waals surface area (Å²) in [6.07, 6.45) is -0.537. The molecule has 0 aliphatic rings. The maximum absolute atomic E-state index is 11.8. The van der Waals surface area contributed by atoms with Gasteiger partial charge in [-0.05, 0) is 38.1 Å². The van der Waals surface area contributed by atoms with Crippen LogP contribution in [-0.4, -0.2) is 31.8 Å². The van der Waals surface area contributed by atoms with Crippen molar-refractivity contribution in [1.29, 1.82) is 0 Å². The Morgan fingerprint density at radius 3 is 2.50 bits per heavy atom. The molecule has 0 fully saturated rings. The quantitative estimate of drug-likeness (QED) is 0.876. The Hall–Kier alpha value is -1.07. The highest BCUT2D eigenvalue weighted by Crippen LogP contribution is 2.17. The Morgan fingerprint density at radius 2 is 1.94 bits per heavy atom. The molecule has 4 nitrogen and oxygen atoms in total. The molecular formula is C13H18BrNO3. The van der Waals surface area contributed by atoms with Gasteiger partial charge in [-0.25, -0.2) is 0 Å². The number of hydrogen-bond acceptors (Lipinski definition) is 3. The third kappa shape index (κ3) is 5.06. The van der Waals surface area contributed by atoms with Crippen LogP contribution in [0.2, 0.25) is 0 Å². The highest BCUT2D eigenvalue weighted by atomic mass is 79.9. The van der Waals surface area contributed by atoms with Crippen molar-refractivity contribution in [3.63, 3.8) is 0 Å². The number of ether oxygens (including phenoxy) is 2. The predicted octanol–water partition coefficient (Wildman–Crippen LogP) is 2.37. The van der Waals surface area contributed by atoms with E-state index in [0.717, 1.165) is 4.47 Å². The average molecular weight is 316 g/mol. The first-order chi connectivity index (χ1) is 8.52. The van der Waals surface area contributed by atoms with Crippen LogP contribution in [0.5, 0.6) is 5.75 Å². The van der Waals surface area contributed by atoms with Crippen molar-refractivity contribution in [2.24, 2.45) is 0 Å². The Kier molecular flexibility index (Phi) is 6.15. The minimum Gasteiger partial charge on any atom is -0.481 e. The van der Waals surface area contributed by atoms with Gasteiger partial charge in [-0.1, -0.05) is 15.9 Å². The summed E-state index contributed by atoms with van der Waals surface area (Å²) in [7, 11) is 1.60. The van der Waals surface area contributed by atoms with Gasteiger partial charge in [0.2, 0.25) is 0 Å². The number of halogens is 1. The molecule has 18 heavy (non-hydrogen) atoms. The molecule has 0 saturated carbocycles. The number of carbonyl (C=O) groups is 1. The van der Waals surface area contributed by atoms with Crippen LogP contribution in [0.25, 0.3) is 0 Å². The molecule has 2 atom stereocenters. The van der Waals surface area contributed by atoms with Crippen molar-refractivity contribution in [3.8, 4) is 5.75 Å². The molecule has 1 N–H and O–H groups in total. The van der Waals surface area contributed by atoms with E-state index in [1.807, 2.05) is 31.2 Å². The average Bonchev–Trinajstić information content (AvgIpc) is 2.32. The first-order valence-corrected chi connectivity index (χ1v) is 6.53. The standard InChI is InChI=1S/C13H18BrNO3/c1-9(8-17-3)15-13(16)10(2)18-12-6-4-11(14)5-7-12/h4-7,9-10H,8H2,1-3H3,(H,15,16). The summed E-state index contributed by atoms with van der Waals surface area (Å²) in [5.74, 6) is 0.516. The lowest BCUT2D eigenvalue weighted by Gasteiger charge is -2.18. The van der Waals surface area contributed by atoms with E-state index in [-0.39, 0.29) is 11.9 Å². The summed E-state index contributed by atoms with van der Waals surface area (Å²) in [5.41, 5.74) is 0. The number of amides is 1. The Bertz CT molecular complexity index is 380. The lowest BCUT2D eigenvalue weighted by Crippen LogP contribution is -2.43. The molecule has 100 valence electrons. The van der Waals surface area contributed by atoms with E-state index in [1.54, 1.807) is 14.0 Å². The van der Waals surface area contributed by atoms with E-state index in [2.05, 4.69) is 21.2 Å². The number of carbonyl (C=O) groups excluding carboxylic acids is 1. The third-order valence-electron chi connectivity index (χ3n) is 2.30. The second-order valence-electron chi connectivity index (χ2n) is 4.08. The Morgan fingerprint density at radius 1 is 1.33 bits per heavy atom. The maximum atomic E-state index is 11.8. The predicted molar refractivity (Wildman–Crippen MR) is 73.7 cm³/mol. The molecule has 0 heterocycles. The number of hydrogen-bond donors (Lipinski definition) is 1. The highest BCUT2D eigenvalue weighted by molar-refractivity contribution is 9.10. The second kappa shape index (κ2) is 7.38. The Labute approximate surface area is 116 Å². The molecule has 0 radical (unpaired) electrons. The van der Waals surface area contributed by atoms with Gasteiger partial charge in [-0.15, -0.1) is 0 Å². The number of rotatable bonds is 6. The van der Waals surface area contributed by atoms with Crippen LogP contribution in [0.15, 0.2) is 28.7 Å². The third-order valence-corrected chi connectivity index (χ3v) is 2.83. The van der Waals surface area contributed by atoms with Crippen LogP contribution >= 0.6 is 15.9 Å². The largest absolute Gasteiger partial charge is 0.481 e. The number of methoxy groups -OCH3 is 1. The number of nitrogens with one attached hydrogen (secondary N) is 1. The lowest BCUT2D eigenvalue weighted by atomic mass is 10.3. The van der Waals surface area contributed by atoms with Crippen molar-refractivity contribution in [2.45, 2.75) is 26.0 Å². The van der Waals surface area contributed by atoms with E-state index in [0.29, 0.717) is 12.4 Å². The van der Waals surface area contributed by atoms with Crippen LogP contribution in [0.3, 0.4) is 0 Å². The smallest absolute Gasteiger partial charge is 0.261 e.